The van der Waals surface area contributed by atoms with Gasteiger partial charge in [-0.25, -0.2) is 0 Å². The third-order valence-corrected chi connectivity index (χ3v) is 5.36. The maximum Gasteiger partial charge on any atom is 0.103 e. The van der Waals surface area contributed by atoms with Gasteiger partial charge >= 0.3 is 0 Å². The molecule has 0 aromatic heterocycles. The van der Waals surface area contributed by atoms with E-state index in [0.29, 0.717) is 0 Å². The van der Waals surface area contributed by atoms with E-state index < -0.39 is 0 Å². The fourth-order valence-corrected chi connectivity index (χ4v) is 3.95. The lowest BCUT2D eigenvalue weighted by atomic mass is 9.85. The molecule has 0 bridgehead atoms. The van der Waals surface area contributed by atoms with E-state index in [9.17, 15) is 0 Å². The Kier molecular flexibility index (Phi) is 5.40. The molecule has 24 heavy (non-hydrogen) atoms. The Hall–Kier alpha value is -1.60. The zero-order chi connectivity index (χ0) is 17.0. The van der Waals surface area contributed by atoms with Crippen LogP contribution in [-0.4, -0.2) is 13.1 Å². The van der Waals surface area contributed by atoms with E-state index in [-0.39, 0.29) is 5.41 Å². The number of rotatable bonds is 4. The fraction of sp³-hybridized carbons (Fsp3) is 0.478. The van der Waals surface area contributed by atoms with Crippen molar-refractivity contribution >= 4 is 0 Å². The topological polar surface area (TPSA) is 4.44 Å². The van der Waals surface area contributed by atoms with Gasteiger partial charge in [0.2, 0.25) is 0 Å². The van der Waals surface area contributed by atoms with Gasteiger partial charge in [0.15, 0.2) is 0 Å². The average Bonchev–Trinajstić information content (AvgIpc) is 2.56. The molecule has 1 nitrogen and oxygen atoms in total. The zero-order valence-corrected chi connectivity index (χ0v) is 15.5. The smallest absolute Gasteiger partial charge is 0.103 e. The molecule has 0 saturated carbocycles. The normalized spacial score (nSPS) is 21.6. The Morgan fingerprint density at radius 1 is 0.917 bits per heavy atom. The van der Waals surface area contributed by atoms with Crippen molar-refractivity contribution < 1.29 is 4.90 Å². The molecule has 1 heteroatoms. The quantitative estimate of drug-likeness (QED) is 0.867. The lowest BCUT2D eigenvalue weighted by Crippen LogP contribution is -3.12. The molecule has 1 aliphatic rings. The first-order valence-corrected chi connectivity index (χ1v) is 9.47. The van der Waals surface area contributed by atoms with E-state index in [1.165, 1.54) is 55.6 Å². The van der Waals surface area contributed by atoms with Gasteiger partial charge in [-0.05, 0) is 35.8 Å². The molecule has 128 valence electrons. The van der Waals surface area contributed by atoms with Gasteiger partial charge in [0.25, 0.3) is 0 Å². The third kappa shape index (κ3) is 4.70. The molecular formula is C23H32N+. The standard InChI is InChI=1S/C23H31N/c1-23(2,3)22-13-11-19(12-14-22)16-21-10-7-15-24(18-21)17-20-8-5-4-6-9-20/h4-6,8-9,11-14,21H,7,10,15-18H2,1-3H3/p+1/t21-/m0/s1. The van der Waals surface area contributed by atoms with Gasteiger partial charge in [-0.3, -0.25) is 0 Å². The molecule has 0 aliphatic carbocycles. The first-order valence-electron chi connectivity index (χ1n) is 9.47. The first kappa shape index (κ1) is 17.2. The van der Waals surface area contributed by atoms with Crippen molar-refractivity contribution in [3.8, 4) is 0 Å². The summed E-state index contributed by atoms with van der Waals surface area (Å²) in [7, 11) is 0. The van der Waals surface area contributed by atoms with E-state index in [0.717, 1.165) is 5.92 Å². The van der Waals surface area contributed by atoms with Crippen LogP contribution in [0.4, 0.5) is 0 Å². The average molecular weight is 323 g/mol. The molecule has 0 radical (unpaired) electrons. The Morgan fingerprint density at radius 2 is 1.62 bits per heavy atom. The van der Waals surface area contributed by atoms with Gasteiger partial charge in [-0.15, -0.1) is 0 Å². The summed E-state index contributed by atoms with van der Waals surface area (Å²) < 4.78 is 0. The van der Waals surface area contributed by atoms with Crippen molar-refractivity contribution in [3.63, 3.8) is 0 Å². The van der Waals surface area contributed by atoms with Gasteiger partial charge in [-0.1, -0.05) is 75.4 Å². The second kappa shape index (κ2) is 7.53. The zero-order valence-electron chi connectivity index (χ0n) is 15.5. The number of hydrogen-bond acceptors (Lipinski definition) is 0. The second-order valence-corrected chi connectivity index (χ2v) is 8.53. The lowest BCUT2D eigenvalue weighted by molar-refractivity contribution is -0.922. The van der Waals surface area contributed by atoms with Crippen LogP contribution in [-0.2, 0) is 18.4 Å². The SMILES string of the molecule is CC(C)(C)c1ccc(C[C@@H]2CCC[NH+](Cc3ccccc3)C2)cc1. The Bertz CT molecular complexity index is 621. The summed E-state index contributed by atoms with van der Waals surface area (Å²) in [6.45, 7) is 10.7. The molecule has 2 atom stereocenters. The predicted octanol–water partition coefficient (Wildman–Crippen LogP) is 4.02. The van der Waals surface area contributed by atoms with Crippen molar-refractivity contribution in [1.82, 2.24) is 0 Å². The van der Waals surface area contributed by atoms with E-state index in [1.54, 1.807) is 4.90 Å². The molecule has 1 saturated heterocycles. The molecule has 0 amide bonds. The molecule has 1 unspecified atom stereocenters. The molecule has 1 fully saturated rings. The van der Waals surface area contributed by atoms with Crippen molar-refractivity contribution in [2.75, 3.05) is 13.1 Å². The van der Waals surface area contributed by atoms with Gasteiger partial charge in [0.1, 0.15) is 6.54 Å². The Labute approximate surface area is 147 Å². The summed E-state index contributed by atoms with van der Waals surface area (Å²) in [6, 6.07) is 20.3. The minimum atomic E-state index is 0.250. The highest BCUT2D eigenvalue weighted by molar-refractivity contribution is 5.27. The van der Waals surface area contributed by atoms with Gasteiger partial charge in [0.05, 0.1) is 13.1 Å². The highest BCUT2D eigenvalue weighted by atomic mass is 15.1. The largest absolute Gasteiger partial charge is 0.331 e. The monoisotopic (exact) mass is 322 g/mol. The van der Waals surface area contributed by atoms with Gasteiger partial charge in [0, 0.05) is 11.5 Å². The van der Waals surface area contributed by atoms with E-state index in [1.807, 2.05) is 0 Å². The molecular weight excluding hydrogens is 290 g/mol. The van der Waals surface area contributed by atoms with Crippen LogP contribution in [0.2, 0.25) is 0 Å². The summed E-state index contributed by atoms with van der Waals surface area (Å²) in [4.78, 5) is 1.75. The number of piperidine rings is 1. The third-order valence-electron chi connectivity index (χ3n) is 5.36. The summed E-state index contributed by atoms with van der Waals surface area (Å²) in [5.41, 5.74) is 4.67. The molecule has 2 aromatic rings. The minimum Gasteiger partial charge on any atom is -0.331 e. The van der Waals surface area contributed by atoms with Crippen LogP contribution in [0.3, 0.4) is 0 Å². The predicted molar refractivity (Wildman–Crippen MR) is 102 cm³/mol. The van der Waals surface area contributed by atoms with Crippen LogP contribution in [0, 0.1) is 5.92 Å². The highest BCUT2D eigenvalue weighted by Gasteiger charge is 2.23. The molecule has 3 rings (SSSR count). The van der Waals surface area contributed by atoms with Crippen molar-refractivity contribution in [1.29, 1.82) is 0 Å². The van der Waals surface area contributed by atoms with Crippen LogP contribution in [0.15, 0.2) is 54.6 Å². The molecule has 1 N–H and O–H groups in total. The summed E-state index contributed by atoms with van der Waals surface area (Å²) in [5, 5.41) is 0. The van der Waals surface area contributed by atoms with Gasteiger partial charge < -0.3 is 4.90 Å². The van der Waals surface area contributed by atoms with Crippen molar-refractivity contribution in [2.24, 2.45) is 5.92 Å². The van der Waals surface area contributed by atoms with Crippen LogP contribution in [0.1, 0.15) is 50.3 Å². The summed E-state index contributed by atoms with van der Waals surface area (Å²) in [5.74, 6) is 0.831. The summed E-state index contributed by atoms with van der Waals surface area (Å²) >= 11 is 0. The number of likely N-dealkylation sites (tertiary alicyclic amines) is 1. The Balaban J connectivity index is 1.57. The summed E-state index contributed by atoms with van der Waals surface area (Å²) in [6.07, 6.45) is 3.99. The molecule has 1 aliphatic heterocycles. The van der Waals surface area contributed by atoms with E-state index in [4.69, 9.17) is 0 Å². The van der Waals surface area contributed by atoms with E-state index in [2.05, 4.69) is 75.4 Å². The van der Waals surface area contributed by atoms with Crippen LogP contribution in [0.25, 0.3) is 0 Å². The number of nitrogens with one attached hydrogen (secondary N) is 1. The van der Waals surface area contributed by atoms with Crippen LogP contribution < -0.4 is 4.90 Å². The fourth-order valence-electron chi connectivity index (χ4n) is 3.95. The highest BCUT2D eigenvalue weighted by Crippen LogP contribution is 2.23. The van der Waals surface area contributed by atoms with Crippen molar-refractivity contribution in [3.05, 3.63) is 71.3 Å². The number of benzene rings is 2. The lowest BCUT2D eigenvalue weighted by Gasteiger charge is -2.30. The van der Waals surface area contributed by atoms with Gasteiger partial charge in [-0.2, -0.15) is 0 Å². The Morgan fingerprint density at radius 3 is 2.29 bits per heavy atom. The molecule has 1 heterocycles. The second-order valence-electron chi connectivity index (χ2n) is 8.53. The van der Waals surface area contributed by atoms with E-state index >= 15 is 0 Å². The molecule has 0 spiro atoms. The van der Waals surface area contributed by atoms with Crippen molar-refractivity contribution in [2.45, 2.75) is 52.0 Å². The molecule has 2 aromatic carbocycles. The number of quaternary nitrogens is 1. The van der Waals surface area contributed by atoms with Crippen LogP contribution >= 0.6 is 0 Å². The minimum absolute atomic E-state index is 0.250. The first-order chi connectivity index (χ1) is 11.5. The van der Waals surface area contributed by atoms with Crippen LogP contribution in [0.5, 0.6) is 0 Å². The number of hydrogen-bond donors (Lipinski definition) is 1. The maximum atomic E-state index is 2.35. The maximum absolute atomic E-state index is 2.35.